The molecule has 2 nitrogen and oxygen atoms in total. The van der Waals surface area contributed by atoms with E-state index in [2.05, 4.69) is 61.6 Å². The Kier molecular flexibility index (Phi) is 4.37. The highest BCUT2D eigenvalue weighted by Gasteiger charge is 2.16. The molecule has 1 aliphatic heterocycles. The van der Waals surface area contributed by atoms with Crippen LogP contribution in [0.5, 0.6) is 0 Å². The summed E-state index contributed by atoms with van der Waals surface area (Å²) in [5, 5.41) is 3.62. The van der Waals surface area contributed by atoms with Crippen LogP contribution in [0.25, 0.3) is 0 Å². The highest BCUT2D eigenvalue weighted by Crippen LogP contribution is 2.26. The highest BCUT2D eigenvalue weighted by atomic mass is 16.5. The first-order valence-electron chi connectivity index (χ1n) is 7.74. The molecule has 0 spiro atoms. The zero-order valence-corrected chi connectivity index (χ0v) is 12.9. The van der Waals surface area contributed by atoms with Crippen molar-refractivity contribution in [1.29, 1.82) is 0 Å². The zero-order chi connectivity index (χ0) is 14.7. The Morgan fingerprint density at radius 2 is 1.95 bits per heavy atom. The average Bonchev–Trinajstić information content (AvgIpc) is 2.94. The topological polar surface area (TPSA) is 21.3 Å². The Hall–Kier alpha value is -1.64. The molecule has 0 bridgehead atoms. The lowest BCUT2D eigenvalue weighted by atomic mass is 9.95. The minimum Gasteiger partial charge on any atom is -0.372 e. The van der Waals surface area contributed by atoms with Crippen molar-refractivity contribution in [3.05, 3.63) is 70.3 Å². The van der Waals surface area contributed by atoms with Crippen molar-refractivity contribution in [2.75, 3.05) is 6.54 Å². The predicted octanol–water partition coefficient (Wildman–Crippen LogP) is 3.92. The first-order chi connectivity index (χ1) is 10.3. The first kappa shape index (κ1) is 14.3. The molecule has 2 heteroatoms. The number of rotatable bonds is 5. The van der Waals surface area contributed by atoms with Crippen LogP contribution >= 0.6 is 0 Å². The number of likely N-dealkylation sites (N-methyl/N-ethyl adjacent to an activating group) is 1. The van der Waals surface area contributed by atoms with Gasteiger partial charge in [-0.1, -0.05) is 55.0 Å². The van der Waals surface area contributed by atoms with Crippen LogP contribution in [-0.4, -0.2) is 6.54 Å². The van der Waals surface area contributed by atoms with Gasteiger partial charge in [-0.2, -0.15) is 0 Å². The van der Waals surface area contributed by atoms with E-state index in [1.54, 1.807) is 0 Å². The molecule has 110 valence electrons. The van der Waals surface area contributed by atoms with Crippen LogP contribution in [0.3, 0.4) is 0 Å². The van der Waals surface area contributed by atoms with Gasteiger partial charge in [0.25, 0.3) is 0 Å². The van der Waals surface area contributed by atoms with Crippen molar-refractivity contribution in [1.82, 2.24) is 5.32 Å². The predicted molar refractivity (Wildman–Crippen MR) is 86.2 cm³/mol. The summed E-state index contributed by atoms with van der Waals surface area (Å²) in [6.45, 7) is 6.81. The molecule has 1 aliphatic rings. The number of hydrogen-bond donors (Lipinski definition) is 1. The van der Waals surface area contributed by atoms with Crippen LogP contribution in [0.2, 0.25) is 0 Å². The van der Waals surface area contributed by atoms with Gasteiger partial charge in [0.05, 0.1) is 13.2 Å². The molecule has 1 atom stereocenters. The lowest BCUT2D eigenvalue weighted by molar-refractivity contribution is 0.134. The molecule has 0 fully saturated rings. The Bertz CT molecular complexity index is 621. The highest BCUT2D eigenvalue weighted by molar-refractivity contribution is 5.35. The second-order valence-corrected chi connectivity index (χ2v) is 5.82. The molecule has 1 N–H and O–H groups in total. The summed E-state index contributed by atoms with van der Waals surface area (Å²) in [7, 11) is 0. The second-order valence-electron chi connectivity index (χ2n) is 5.82. The lowest BCUT2D eigenvalue weighted by Crippen LogP contribution is -2.23. The molecule has 0 aliphatic carbocycles. The van der Waals surface area contributed by atoms with Crippen molar-refractivity contribution in [3.63, 3.8) is 0 Å². The van der Waals surface area contributed by atoms with E-state index in [1.165, 1.54) is 27.8 Å². The molecule has 3 rings (SSSR count). The van der Waals surface area contributed by atoms with E-state index in [4.69, 9.17) is 4.74 Å². The van der Waals surface area contributed by atoms with E-state index in [1.807, 2.05) is 0 Å². The number of hydrogen-bond acceptors (Lipinski definition) is 2. The summed E-state index contributed by atoms with van der Waals surface area (Å²) >= 11 is 0. The maximum atomic E-state index is 5.52. The quantitative estimate of drug-likeness (QED) is 0.897. The Labute approximate surface area is 127 Å². The fourth-order valence-corrected chi connectivity index (χ4v) is 3.04. The Morgan fingerprint density at radius 1 is 1.10 bits per heavy atom. The molecule has 2 aromatic rings. The fourth-order valence-electron chi connectivity index (χ4n) is 3.04. The van der Waals surface area contributed by atoms with E-state index in [-0.39, 0.29) is 0 Å². The summed E-state index contributed by atoms with van der Waals surface area (Å²) in [6, 6.07) is 15.9. The van der Waals surface area contributed by atoms with Crippen LogP contribution < -0.4 is 5.32 Å². The van der Waals surface area contributed by atoms with Gasteiger partial charge in [0.1, 0.15) is 0 Å². The smallest absolute Gasteiger partial charge is 0.0725 e. The molecule has 2 aromatic carbocycles. The normalized spacial score (nSPS) is 15.0. The van der Waals surface area contributed by atoms with Crippen LogP contribution in [0.15, 0.2) is 42.5 Å². The second kappa shape index (κ2) is 6.42. The molecule has 0 saturated heterocycles. The van der Waals surface area contributed by atoms with Crippen LogP contribution in [0.4, 0.5) is 0 Å². The largest absolute Gasteiger partial charge is 0.372 e. The summed E-state index contributed by atoms with van der Waals surface area (Å²) < 4.78 is 5.52. The van der Waals surface area contributed by atoms with Gasteiger partial charge in [-0.05, 0) is 42.1 Å². The van der Waals surface area contributed by atoms with E-state index in [0.717, 1.165) is 26.2 Å². The van der Waals surface area contributed by atoms with Gasteiger partial charge in [0.2, 0.25) is 0 Å². The molecule has 0 amide bonds. The summed E-state index contributed by atoms with van der Waals surface area (Å²) in [5.41, 5.74) is 6.76. The third kappa shape index (κ3) is 3.34. The maximum absolute atomic E-state index is 5.52. The standard InChI is InChI=1S/C19H23NO/c1-3-20-19(10-15-6-4-5-14(2)9-15)16-7-8-17-12-21-13-18(17)11-16/h4-9,11,19-20H,3,10,12-13H2,1-2H3. The third-order valence-electron chi connectivity index (χ3n) is 4.12. The van der Waals surface area contributed by atoms with Gasteiger partial charge in [-0.25, -0.2) is 0 Å². The van der Waals surface area contributed by atoms with Gasteiger partial charge in [-0.3, -0.25) is 0 Å². The minimum absolute atomic E-state index is 0.364. The summed E-state index contributed by atoms with van der Waals surface area (Å²) in [6.07, 6.45) is 1.02. The van der Waals surface area contributed by atoms with Crippen LogP contribution in [0, 0.1) is 6.92 Å². The average molecular weight is 281 g/mol. The number of nitrogens with one attached hydrogen (secondary N) is 1. The van der Waals surface area contributed by atoms with E-state index < -0.39 is 0 Å². The van der Waals surface area contributed by atoms with E-state index >= 15 is 0 Å². The molecule has 21 heavy (non-hydrogen) atoms. The first-order valence-corrected chi connectivity index (χ1v) is 7.74. The summed E-state index contributed by atoms with van der Waals surface area (Å²) in [4.78, 5) is 0. The lowest BCUT2D eigenvalue weighted by Gasteiger charge is -2.19. The molecule has 1 unspecified atom stereocenters. The van der Waals surface area contributed by atoms with Crippen molar-refractivity contribution in [2.24, 2.45) is 0 Å². The molecule has 0 radical (unpaired) electrons. The SMILES string of the molecule is CCNC(Cc1cccc(C)c1)c1ccc2c(c1)COC2. The fraction of sp³-hybridized carbons (Fsp3) is 0.368. The van der Waals surface area contributed by atoms with Gasteiger partial charge in [-0.15, -0.1) is 0 Å². The number of benzene rings is 2. The monoisotopic (exact) mass is 281 g/mol. The van der Waals surface area contributed by atoms with Crippen molar-refractivity contribution >= 4 is 0 Å². The van der Waals surface area contributed by atoms with Gasteiger partial charge < -0.3 is 10.1 Å². The molecular weight excluding hydrogens is 258 g/mol. The van der Waals surface area contributed by atoms with Gasteiger partial charge in [0, 0.05) is 6.04 Å². The van der Waals surface area contributed by atoms with Gasteiger partial charge >= 0.3 is 0 Å². The van der Waals surface area contributed by atoms with Gasteiger partial charge in [0.15, 0.2) is 0 Å². The van der Waals surface area contributed by atoms with Crippen molar-refractivity contribution in [2.45, 2.75) is 39.5 Å². The number of ether oxygens (including phenoxy) is 1. The Balaban J connectivity index is 1.84. The van der Waals surface area contributed by atoms with Crippen LogP contribution in [0.1, 0.15) is 40.8 Å². The van der Waals surface area contributed by atoms with Crippen molar-refractivity contribution in [3.8, 4) is 0 Å². The van der Waals surface area contributed by atoms with Crippen molar-refractivity contribution < 1.29 is 4.74 Å². The molecule has 1 heterocycles. The molecular formula is C19H23NO. The number of fused-ring (bicyclic) bond motifs is 1. The van der Waals surface area contributed by atoms with E-state index in [9.17, 15) is 0 Å². The van der Waals surface area contributed by atoms with E-state index in [0.29, 0.717) is 6.04 Å². The summed E-state index contributed by atoms with van der Waals surface area (Å²) in [5.74, 6) is 0. The Morgan fingerprint density at radius 3 is 2.76 bits per heavy atom. The minimum atomic E-state index is 0.364. The molecule has 0 saturated carbocycles. The third-order valence-corrected chi connectivity index (χ3v) is 4.12. The zero-order valence-electron chi connectivity index (χ0n) is 12.9. The number of aryl methyl sites for hydroxylation is 1. The van der Waals surface area contributed by atoms with Crippen LogP contribution in [-0.2, 0) is 24.4 Å². The maximum Gasteiger partial charge on any atom is 0.0725 e. The molecule has 0 aromatic heterocycles.